The van der Waals surface area contributed by atoms with Gasteiger partial charge in [0.1, 0.15) is 12.8 Å². The number of benzene rings is 4. The van der Waals surface area contributed by atoms with Gasteiger partial charge in [0.25, 0.3) is 0 Å². The zero-order chi connectivity index (χ0) is 37.2. The summed E-state index contributed by atoms with van der Waals surface area (Å²) in [7, 11) is 0. The van der Waals surface area contributed by atoms with Crippen LogP contribution in [0.25, 0.3) is 11.0 Å². The van der Waals surface area contributed by atoms with Crippen molar-refractivity contribution in [2.24, 2.45) is 0 Å². The third-order valence-electron chi connectivity index (χ3n) is 9.74. The van der Waals surface area contributed by atoms with E-state index in [2.05, 4.69) is 70.9 Å². The summed E-state index contributed by atoms with van der Waals surface area (Å²) in [6.07, 6.45) is 1.54. The van der Waals surface area contributed by atoms with Gasteiger partial charge in [0, 0.05) is 38.3 Å². The first-order valence-corrected chi connectivity index (χ1v) is 18.5. The largest absolute Gasteiger partial charge is 0.448 e. The van der Waals surface area contributed by atoms with Gasteiger partial charge in [-0.3, -0.25) is 18.8 Å². The Bertz CT molecular complexity index is 1920. The van der Waals surface area contributed by atoms with Crippen LogP contribution < -0.4 is 11.0 Å². The summed E-state index contributed by atoms with van der Waals surface area (Å²) in [6.45, 7) is 8.51. The van der Waals surface area contributed by atoms with Gasteiger partial charge < -0.3 is 19.7 Å². The lowest BCUT2D eigenvalue weighted by atomic mass is 10.0. The van der Waals surface area contributed by atoms with E-state index in [0.29, 0.717) is 45.4 Å². The van der Waals surface area contributed by atoms with E-state index in [1.54, 1.807) is 9.47 Å². The second-order valence-corrected chi connectivity index (χ2v) is 14.8. The van der Waals surface area contributed by atoms with Crippen LogP contribution in [0.5, 0.6) is 0 Å². The van der Waals surface area contributed by atoms with E-state index in [0.717, 1.165) is 17.5 Å². The van der Waals surface area contributed by atoms with Gasteiger partial charge in [-0.05, 0) is 68.9 Å². The van der Waals surface area contributed by atoms with Gasteiger partial charge in [0.2, 0.25) is 6.41 Å². The summed E-state index contributed by atoms with van der Waals surface area (Å²) in [4.78, 5) is 43.3. The van der Waals surface area contributed by atoms with Crippen molar-refractivity contribution in [3.05, 3.63) is 142 Å². The predicted octanol–water partition coefficient (Wildman–Crippen LogP) is 6.78. The third-order valence-corrected chi connectivity index (χ3v) is 9.74. The first-order chi connectivity index (χ1) is 25.7. The second kappa shape index (κ2) is 17.6. The third kappa shape index (κ3) is 10.0. The van der Waals surface area contributed by atoms with Crippen molar-refractivity contribution in [3.63, 3.8) is 0 Å². The van der Waals surface area contributed by atoms with Crippen LogP contribution in [0.2, 0.25) is 0 Å². The van der Waals surface area contributed by atoms with Gasteiger partial charge in [0.05, 0.1) is 23.2 Å². The standard InChI is InChI=1S/C43H51N5O5/c1-43(2,3)53-40(44-32-49)30-47-38-21-13-14-22-39(38)48(41(47)50)36-23-25-45(26-24-36)42(51)52-31-37(27-33-15-7-4-8-16-33)46(28-34-17-9-5-10-18-34)29-35-19-11-6-12-20-35/h4-22,32,36-37,40H,23-31H2,1-3H3,(H,44,49). The minimum Gasteiger partial charge on any atom is -0.448 e. The summed E-state index contributed by atoms with van der Waals surface area (Å²) in [6, 6.07) is 38.7. The molecule has 1 fully saturated rings. The van der Waals surface area contributed by atoms with Crippen molar-refractivity contribution >= 4 is 23.5 Å². The molecule has 1 N–H and O–H groups in total. The maximum absolute atomic E-state index is 14.0. The van der Waals surface area contributed by atoms with Crippen molar-refractivity contribution < 1.29 is 19.1 Å². The molecule has 278 valence electrons. The van der Waals surface area contributed by atoms with Crippen LogP contribution in [0, 0.1) is 0 Å². The van der Waals surface area contributed by atoms with Crippen LogP contribution in [0.4, 0.5) is 4.79 Å². The fraction of sp³-hybridized carbons (Fsp3) is 0.372. The van der Waals surface area contributed by atoms with E-state index in [1.807, 2.05) is 79.9 Å². The zero-order valence-electron chi connectivity index (χ0n) is 31.0. The van der Waals surface area contributed by atoms with Crippen molar-refractivity contribution in [1.29, 1.82) is 0 Å². The highest BCUT2D eigenvalue weighted by atomic mass is 16.6. The Balaban J connectivity index is 1.16. The average molecular weight is 718 g/mol. The van der Waals surface area contributed by atoms with Crippen LogP contribution in [-0.2, 0) is 40.3 Å². The number of carbonyl (C=O) groups is 2. The van der Waals surface area contributed by atoms with Crippen molar-refractivity contribution in [1.82, 2.24) is 24.3 Å². The first kappa shape index (κ1) is 37.6. The molecular weight excluding hydrogens is 667 g/mol. The number of likely N-dealkylation sites (tertiary alicyclic amines) is 1. The average Bonchev–Trinajstić information content (AvgIpc) is 3.44. The molecule has 1 aromatic heterocycles. The summed E-state index contributed by atoms with van der Waals surface area (Å²) in [5, 5.41) is 2.72. The van der Waals surface area contributed by atoms with Gasteiger partial charge in [-0.2, -0.15) is 0 Å². The Kier molecular flexibility index (Phi) is 12.4. The Morgan fingerprint density at radius 3 is 1.89 bits per heavy atom. The number of imidazole rings is 1. The molecule has 0 spiro atoms. The predicted molar refractivity (Wildman–Crippen MR) is 207 cm³/mol. The zero-order valence-corrected chi connectivity index (χ0v) is 31.0. The number of hydrogen-bond donors (Lipinski definition) is 1. The number of hydrogen-bond acceptors (Lipinski definition) is 6. The number of fused-ring (bicyclic) bond motifs is 1. The number of ether oxygens (including phenoxy) is 2. The van der Waals surface area contributed by atoms with Gasteiger partial charge in [-0.1, -0.05) is 103 Å². The topological polar surface area (TPSA) is 98.0 Å². The molecule has 2 atom stereocenters. The smallest absolute Gasteiger partial charge is 0.409 e. The number of para-hydroxylation sites is 2. The van der Waals surface area contributed by atoms with E-state index in [9.17, 15) is 14.4 Å². The molecule has 10 heteroatoms. The molecule has 2 heterocycles. The quantitative estimate of drug-likeness (QED) is 0.0948. The van der Waals surface area contributed by atoms with Crippen LogP contribution in [0.3, 0.4) is 0 Å². The lowest BCUT2D eigenvalue weighted by Crippen LogP contribution is -2.45. The maximum Gasteiger partial charge on any atom is 0.409 e. The molecule has 2 unspecified atom stereocenters. The van der Waals surface area contributed by atoms with Crippen molar-refractivity contribution in [2.75, 3.05) is 19.7 Å². The lowest BCUT2D eigenvalue weighted by molar-refractivity contribution is -0.121. The van der Waals surface area contributed by atoms with Crippen molar-refractivity contribution in [2.45, 2.75) is 83.6 Å². The number of amides is 2. The molecule has 0 aliphatic carbocycles. The normalized spacial score (nSPS) is 15.0. The van der Waals surface area contributed by atoms with Crippen LogP contribution >= 0.6 is 0 Å². The molecule has 0 radical (unpaired) electrons. The molecule has 0 bridgehead atoms. The fourth-order valence-corrected chi connectivity index (χ4v) is 7.25. The Labute approximate surface area is 311 Å². The number of nitrogens with one attached hydrogen (secondary N) is 1. The minimum absolute atomic E-state index is 0.0659. The Hall–Kier alpha value is -5.19. The summed E-state index contributed by atoms with van der Waals surface area (Å²) < 4.78 is 15.7. The minimum atomic E-state index is -0.678. The van der Waals surface area contributed by atoms with Crippen LogP contribution in [0.1, 0.15) is 56.3 Å². The molecule has 2 amide bonds. The number of carbonyl (C=O) groups excluding carboxylic acids is 2. The van der Waals surface area contributed by atoms with Gasteiger partial charge in [-0.15, -0.1) is 0 Å². The molecule has 10 nitrogen and oxygen atoms in total. The molecular formula is C43H51N5O5. The Morgan fingerprint density at radius 1 is 0.811 bits per heavy atom. The van der Waals surface area contributed by atoms with E-state index in [1.165, 1.54) is 16.7 Å². The number of rotatable bonds is 15. The van der Waals surface area contributed by atoms with Crippen LogP contribution in [-0.4, -0.2) is 69.0 Å². The number of nitrogens with zero attached hydrogens (tertiary/aromatic N) is 4. The van der Waals surface area contributed by atoms with Gasteiger partial charge >= 0.3 is 11.8 Å². The van der Waals surface area contributed by atoms with E-state index in [4.69, 9.17) is 9.47 Å². The molecule has 1 saturated heterocycles. The van der Waals surface area contributed by atoms with E-state index in [-0.39, 0.29) is 37.0 Å². The second-order valence-electron chi connectivity index (χ2n) is 14.8. The highest BCUT2D eigenvalue weighted by Gasteiger charge is 2.30. The number of aromatic nitrogens is 2. The highest BCUT2D eigenvalue weighted by molar-refractivity contribution is 5.76. The van der Waals surface area contributed by atoms with Gasteiger partial charge in [-0.25, -0.2) is 9.59 Å². The monoisotopic (exact) mass is 717 g/mol. The molecule has 4 aromatic carbocycles. The molecule has 1 aliphatic rings. The maximum atomic E-state index is 14.0. The lowest BCUT2D eigenvalue weighted by Gasteiger charge is -2.34. The number of piperidine rings is 1. The molecule has 5 aromatic rings. The summed E-state index contributed by atoms with van der Waals surface area (Å²) in [5.41, 5.74) is 4.49. The van der Waals surface area contributed by atoms with E-state index < -0.39 is 11.8 Å². The Morgan fingerprint density at radius 2 is 1.34 bits per heavy atom. The molecule has 6 rings (SSSR count). The highest BCUT2D eigenvalue weighted by Crippen LogP contribution is 2.27. The molecule has 0 saturated carbocycles. The summed E-state index contributed by atoms with van der Waals surface area (Å²) in [5.74, 6) is 0. The molecule has 1 aliphatic heterocycles. The SMILES string of the molecule is CC(C)(C)OC(Cn1c(=O)n(C2CCN(C(=O)OCC(Cc3ccccc3)N(Cc3ccccc3)Cc3ccccc3)CC2)c2ccccc21)NC=O. The van der Waals surface area contributed by atoms with E-state index >= 15 is 0 Å². The summed E-state index contributed by atoms with van der Waals surface area (Å²) >= 11 is 0. The van der Waals surface area contributed by atoms with Crippen LogP contribution in [0.15, 0.2) is 120 Å². The first-order valence-electron chi connectivity index (χ1n) is 18.5. The van der Waals surface area contributed by atoms with Crippen molar-refractivity contribution in [3.8, 4) is 0 Å². The van der Waals surface area contributed by atoms with Gasteiger partial charge in [0.15, 0.2) is 0 Å². The molecule has 53 heavy (non-hydrogen) atoms. The fourth-order valence-electron chi connectivity index (χ4n) is 7.25.